The van der Waals surface area contributed by atoms with Gasteiger partial charge in [-0.3, -0.25) is 0 Å². The molecule has 0 aliphatic heterocycles. The van der Waals surface area contributed by atoms with Crippen molar-refractivity contribution in [2.24, 2.45) is 0 Å². The molecule has 1 rings (SSSR count). The van der Waals surface area contributed by atoms with E-state index in [1.54, 1.807) is 12.1 Å². The molecular formula is C16H26N2O4. The number of rotatable bonds is 9. The van der Waals surface area contributed by atoms with Crippen LogP contribution in [0.1, 0.15) is 32.6 Å². The van der Waals surface area contributed by atoms with Crippen LogP contribution < -0.4 is 24.8 Å². The molecule has 0 saturated heterocycles. The van der Waals surface area contributed by atoms with Crippen molar-refractivity contribution in [3.05, 3.63) is 12.1 Å². The zero-order chi connectivity index (χ0) is 16.4. The molecule has 6 nitrogen and oxygen atoms in total. The summed E-state index contributed by atoms with van der Waals surface area (Å²) in [6, 6.07) is 3.14. The van der Waals surface area contributed by atoms with Gasteiger partial charge in [0, 0.05) is 18.7 Å². The molecule has 0 spiro atoms. The maximum absolute atomic E-state index is 11.9. The number of unbranched alkanes of at least 4 members (excludes halogenated alkanes) is 3. The molecule has 2 amide bonds. The van der Waals surface area contributed by atoms with Crippen LogP contribution in [0.3, 0.4) is 0 Å². The smallest absolute Gasteiger partial charge is 0.319 e. The molecule has 1 aromatic carbocycles. The first kappa shape index (κ1) is 17.9. The molecule has 22 heavy (non-hydrogen) atoms. The summed E-state index contributed by atoms with van der Waals surface area (Å²) in [5, 5.41) is 5.60. The van der Waals surface area contributed by atoms with Crippen molar-refractivity contribution in [3.8, 4) is 17.2 Å². The van der Waals surface area contributed by atoms with E-state index in [0.29, 0.717) is 29.5 Å². The number of amides is 2. The van der Waals surface area contributed by atoms with E-state index < -0.39 is 0 Å². The minimum Gasteiger partial charge on any atom is -0.493 e. The highest BCUT2D eigenvalue weighted by Crippen LogP contribution is 2.39. The fraction of sp³-hybridized carbons (Fsp3) is 0.562. The number of hydrogen-bond acceptors (Lipinski definition) is 4. The molecule has 1 aromatic rings. The van der Waals surface area contributed by atoms with E-state index in [0.717, 1.165) is 12.8 Å². The van der Waals surface area contributed by atoms with E-state index in [2.05, 4.69) is 17.6 Å². The SMILES string of the molecule is CCCCCCNC(=O)Nc1cc(OC)c(OC)c(OC)c1. The molecule has 124 valence electrons. The molecule has 0 aliphatic rings. The van der Waals surface area contributed by atoms with Crippen molar-refractivity contribution < 1.29 is 19.0 Å². The van der Waals surface area contributed by atoms with Gasteiger partial charge in [-0.15, -0.1) is 0 Å². The monoisotopic (exact) mass is 310 g/mol. The topological polar surface area (TPSA) is 68.8 Å². The van der Waals surface area contributed by atoms with Crippen LogP contribution in [-0.2, 0) is 0 Å². The van der Waals surface area contributed by atoms with Gasteiger partial charge in [0.1, 0.15) is 0 Å². The Kier molecular flexibility index (Phi) is 7.96. The third-order valence-electron chi connectivity index (χ3n) is 3.24. The molecule has 6 heteroatoms. The third-order valence-corrected chi connectivity index (χ3v) is 3.24. The average molecular weight is 310 g/mol. The van der Waals surface area contributed by atoms with E-state index >= 15 is 0 Å². The zero-order valence-corrected chi connectivity index (χ0v) is 13.8. The van der Waals surface area contributed by atoms with Crippen molar-refractivity contribution >= 4 is 11.7 Å². The van der Waals surface area contributed by atoms with Crippen LogP contribution in [0.4, 0.5) is 10.5 Å². The number of benzene rings is 1. The Morgan fingerprint density at radius 3 is 2.14 bits per heavy atom. The lowest BCUT2D eigenvalue weighted by Crippen LogP contribution is -2.29. The summed E-state index contributed by atoms with van der Waals surface area (Å²) in [7, 11) is 4.61. The van der Waals surface area contributed by atoms with Gasteiger partial charge in [0.05, 0.1) is 27.0 Å². The zero-order valence-electron chi connectivity index (χ0n) is 13.8. The predicted molar refractivity (Wildman–Crippen MR) is 87.3 cm³/mol. The number of hydrogen-bond donors (Lipinski definition) is 2. The molecule has 0 heterocycles. The van der Waals surface area contributed by atoms with Crippen LogP contribution in [0, 0.1) is 0 Å². The lowest BCUT2D eigenvalue weighted by molar-refractivity contribution is 0.252. The summed E-state index contributed by atoms with van der Waals surface area (Å²) in [6.07, 6.45) is 4.48. The fourth-order valence-electron chi connectivity index (χ4n) is 2.08. The van der Waals surface area contributed by atoms with E-state index in [4.69, 9.17) is 14.2 Å². The average Bonchev–Trinajstić information content (AvgIpc) is 2.53. The van der Waals surface area contributed by atoms with Crippen LogP contribution in [0.5, 0.6) is 17.2 Å². The van der Waals surface area contributed by atoms with Crippen molar-refractivity contribution in [2.75, 3.05) is 33.2 Å². The van der Waals surface area contributed by atoms with Gasteiger partial charge in [-0.1, -0.05) is 26.2 Å². The number of ether oxygens (including phenoxy) is 3. The highest BCUT2D eigenvalue weighted by atomic mass is 16.5. The summed E-state index contributed by atoms with van der Waals surface area (Å²) in [5.41, 5.74) is 0.584. The Morgan fingerprint density at radius 1 is 1.00 bits per heavy atom. The molecule has 2 N–H and O–H groups in total. The Bertz CT molecular complexity index is 452. The number of anilines is 1. The summed E-state index contributed by atoms with van der Waals surface area (Å²) >= 11 is 0. The Balaban J connectivity index is 2.63. The summed E-state index contributed by atoms with van der Waals surface area (Å²) in [6.45, 7) is 2.82. The lowest BCUT2D eigenvalue weighted by Gasteiger charge is -2.15. The molecule has 0 saturated carbocycles. The fourth-order valence-corrected chi connectivity index (χ4v) is 2.08. The normalized spacial score (nSPS) is 10.0. The number of methoxy groups -OCH3 is 3. The summed E-state index contributed by atoms with van der Waals surface area (Å²) in [4.78, 5) is 11.9. The molecule has 0 atom stereocenters. The van der Waals surface area contributed by atoms with Crippen LogP contribution in [0.2, 0.25) is 0 Å². The van der Waals surface area contributed by atoms with Crippen molar-refractivity contribution in [1.82, 2.24) is 5.32 Å². The third kappa shape index (κ3) is 5.35. The van der Waals surface area contributed by atoms with E-state index in [1.807, 2.05) is 0 Å². The minimum absolute atomic E-state index is 0.245. The van der Waals surface area contributed by atoms with Crippen molar-refractivity contribution in [1.29, 1.82) is 0 Å². The van der Waals surface area contributed by atoms with Gasteiger partial charge >= 0.3 is 6.03 Å². The molecule has 0 aliphatic carbocycles. The van der Waals surface area contributed by atoms with Crippen molar-refractivity contribution in [2.45, 2.75) is 32.6 Å². The second-order valence-electron chi connectivity index (χ2n) is 4.86. The largest absolute Gasteiger partial charge is 0.493 e. The van der Waals surface area contributed by atoms with E-state index in [-0.39, 0.29) is 6.03 Å². The molecular weight excluding hydrogens is 284 g/mol. The van der Waals surface area contributed by atoms with Crippen LogP contribution in [-0.4, -0.2) is 33.9 Å². The Morgan fingerprint density at radius 2 is 1.64 bits per heavy atom. The molecule has 0 radical (unpaired) electrons. The van der Waals surface area contributed by atoms with Gasteiger partial charge in [0.25, 0.3) is 0 Å². The number of urea groups is 1. The standard InChI is InChI=1S/C16H26N2O4/c1-5-6-7-8-9-17-16(19)18-12-10-13(20-2)15(22-4)14(11-12)21-3/h10-11H,5-9H2,1-4H3,(H2,17,18,19). The molecule has 0 aromatic heterocycles. The maximum Gasteiger partial charge on any atom is 0.319 e. The van der Waals surface area contributed by atoms with Gasteiger partial charge in [-0.25, -0.2) is 4.79 Å². The predicted octanol–water partition coefficient (Wildman–Crippen LogP) is 3.41. The summed E-state index contributed by atoms with van der Waals surface area (Å²) < 4.78 is 15.7. The van der Waals surface area contributed by atoms with E-state index in [9.17, 15) is 4.79 Å². The minimum atomic E-state index is -0.245. The van der Waals surface area contributed by atoms with E-state index in [1.165, 1.54) is 34.2 Å². The molecule has 0 bridgehead atoms. The lowest BCUT2D eigenvalue weighted by atomic mass is 10.2. The maximum atomic E-state index is 11.9. The molecule has 0 fully saturated rings. The first-order chi connectivity index (χ1) is 10.7. The van der Waals surface area contributed by atoms with Gasteiger partial charge in [0.2, 0.25) is 5.75 Å². The van der Waals surface area contributed by atoms with Crippen LogP contribution in [0.15, 0.2) is 12.1 Å². The highest BCUT2D eigenvalue weighted by molar-refractivity contribution is 5.90. The second-order valence-corrected chi connectivity index (χ2v) is 4.86. The van der Waals surface area contributed by atoms with Gasteiger partial charge in [0.15, 0.2) is 11.5 Å². The molecule has 0 unspecified atom stereocenters. The Labute approximate surface area is 132 Å². The van der Waals surface area contributed by atoms with Gasteiger partial charge < -0.3 is 24.8 Å². The quantitative estimate of drug-likeness (QED) is 0.686. The first-order valence-corrected chi connectivity index (χ1v) is 7.51. The second kappa shape index (κ2) is 9.76. The highest BCUT2D eigenvalue weighted by Gasteiger charge is 2.14. The van der Waals surface area contributed by atoms with Crippen LogP contribution >= 0.6 is 0 Å². The van der Waals surface area contributed by atoms with Gasteiger partial charge in [-0.2, -0.15) is 0 Å². The number of carbonyl (C=O) groups excluding carboxylic acids is 1. The van der Waals surface area contributed by atoms with Crippen molar-refractivity contribution in [3.63, 3.8) is 0 Å². The summed E-state index contributed by atoms with van der Waals surface area (Å²) in [5.74, 6) is 1.50. The van der Waals surface area contributed by atoms with Gasteiger partial charge in [-0.05, 0) is 6.42 Å². The number of nitrogens with one attached hydrogen (secondary N) is 2. The Hall–Kier alpha value is -2.11. The van der Waals surface area contributed by atoms with Crippen LogP contribution in [0.25, 0.3) is 0 Å². The first-order valence-electron chi connectivity index (χ1n) is 7.51. The number of carbonyl (C=O) groups is 1.